The van der Waals surface area contributed by atoms with Gasteiger partial charge in [-0.15, -0.1) is 0 Å². The predicted octanol–water partition coefficient (Wildman–Crippen LogP) is 4.04. The van der Waals surface area contributed by atoms with Gasteiger partial charge in [-0.2, -0.15) is 0 Å². The molecular weight excluding hydrogens is 357 g/mol. The summed E-state index contributed by atoms with van der Waals surface area (Å²) < 4.78 is 19.1. The summed E-state index contributed by atoms with van der Waals surface area (Å²) in [7, 11) is 0. The van der Waals surface area contributed by atoms with Crippen molar-refractivity contribution < 1.29 is 23.8 Å². The molecule has 1 amide bonds. The number of hydrogen-bond donors (Lipinski definition) is 2. The minimum Gasteiger partial charge on any atom is -0.478 e. The monoisotopic (exact) mass is 367 g/mol. The Bertz CT molecular complexity index is 706. The third-order valence-electron chi connectivity index (χ3n) is 2.75. The Morgan fingerprint density at radius 3 is 2.50 bits per heavy atom. The number of aromatic carboxylic acids is 1. The van der Waals surface area contributed by atoms with Crippen LogP contribution in [0.4, 0.5) is 14.9 Å². The van der Waals surface area contributed by atoms with Crippen molar-refractivity contribution in [3.63, 3.8) is 0 Å². The molecule has 0 aliphatic carbocycles. The average Bonchev–Trinajstić information content (AvgIpc) is 2.49. The van der Waals surface area contributed by atoms with E-state index in [1.54, 1.807) is 24.3 Å². The molecule has 0 unspecified atom stereocenters. The normalized spacial score (nSPS) is 10.1. The molecule has 2 aromatic carbocycles. The van der Waals surface area contributed by atoms with Gasteiger partial charge >= 0.3 is 12.1 Å². The fourth-order valence-corrected chi connectivity index (χ4v) is 2.19. The topological polar surface area (TPSA) is 75.6 Å². The van der Waals surface area contributed by atoms with E-state index in [4.69, 9.17) is 9.84 Å². The Balaban J connectivity index is 2.06. The number of halogens is 2. The Kier molecular flexibility index (Phi) is 5.11. The number of carbonyl (C=O) groups is 2. The highest BCUT2D eigenvalue weighted by molar-refractivity contribution is 9.10. The first-order chi connectivity index (χ1) is 10.5. The number of rotatable bonds is 4. The minimum atomic E-state index is -1.44. The fourth-order valence-electron chi connectivity index (χ4n) is 1.71. The van der Waals surface area contributed by atoms with Crippen LogP contribution in [0.5, 0.6) is 0 Å². The molecule has 2 rings (SSSR count). The first kappa shape index (κ1) is 16.0. The highest BCUT2D eigenvalue weighted by Crippen LogP contribution is 2.26. The largest absolute Gasteiger partial charge is 0.478 e. The maximum absolute atomic E-state index is 14.0. The number of nitrogens with one attached hydrogen (secondary N) is 1. The summed E-state index contributed by atoms with van der Waals surface area (Å²) in [5.41, 5.74) is -0.0420. The average molecular weight is 368 g/mol. The predicted molar refractivity (Wildman–Crippen MR) is 81.3 cm³/mol. The molecule has 0 aromatic heterocycles. The van der Waals surface area contributed by atoms with Crippen LogP contribution in [0.25, 0.3) is 0 Å². The molecule has 0 atom stereocenters. The maximum atomic E-state index is 14.0. The Morgan fingerprint density at radius 1 is 1.18 bits per heavy atom. The molecule has 0 aliphatic rings. The second-order valence-electron chi connectivity index (χ2n) is 4.28. The molecule has 0 bridgehead atoms. The molecule has 22 heavy (non-hydrogen) atoms. The summed E-state index contributed by atoms with van der Waals surface area (Å²) in [5.74, 6) is -2.48. The van der Waals surface area contributed by atoms with E-state index in [1.807, 2.05) is 6.07 Å². The van der Waals surface area contributed by atoms with Crippen LogP contribution in [0.15, 0.2) is 46.9 Å². The number of ether oxygens (including phenoxy) is 1. The van der Waals surface area contributed by atoms with Gasteiger partial charge in [0.05, 0.1) is 5.69 Å². The summed E-state index contributed by atoms with van der Waals surface area (Å²) in [5, 5.41) is 11.1. The van der Waals surface area contributed by atoms with Crippen LogP contribution in [0.3, 0.4) is 0 Å². The molecule has 114 valence electrons. The second-order valence-corrected chi connectivity index (χ2v) is 5.13. The van der Waals surface area contributed by atoms with Crippen molar-refractivity contribution >= 4 is 33.7 Å². The number of carboxylic acids is 1. The van der Waals surface area contributed by atoms with Gasteiger partial charge in [0.2, 0.25) is 0 Å². The molecule has 2 aromatic rings. The van der Waals surface area contributed by atoms with Gasteiger partial charge in [-0.25, -0.2) is 14.0 Å². The smallest absolute Gasteiger partial charge is 0.412 e. The third-order valence-corrected chi connectivity index (χ3v) is 3.42. The molecule has 0 saturated heterocycles. The van der Waals surface area contributed by atoms with E-state index in [0.29, 0.717) is 0 Å². The van der Waals surface area contributed by atoms with E-state index in [9.17, 15) is 14.0 Å². The van der Waals surface area contributed by atoms with Crippen molar-refractivity contribution in [3.05, 3.63) is 63.9 Å². The number of hydrogen-bond acceptors (Lipinski definition) is 3. The molecule has 2 N–H and O–H groups in total. The highest BCUT2D eigenvalue weighted by Gasteiger charge is 2.19. The molecule has 0 fully saturated rings. The molecule has 0 spiro atoms. The number of anilines is 1. The molecule has 0 saturated carbocycles. The van der Waals surface area contributed by atoms with Crippen molar-refractivity contribution in [3.8, 4) is 0 Å². The lowest BCUT2D eigenvalue weighted by Gasteiger charge is -2.10. The lowest BCUT2D eigenvalue weighted by Crippen LogP contribution is -2.16. The zero-order valence-corrected chi connectivity index (χ0v) is 12.8. The van der Waals surface area contributed by atoms with Gasteiger partial charge in [-0.05, 0) is 33.6 Å². The summed E-state index contributed by atoms with van der Waals surface area (Å²) in [6.45, 7) is 0.0244. The summed E-state index contributed by atoms with van der Waals surface area (Å²) in [6, 6.07) is 11.5. The second kappa shape index (κ2) is 7.04. The van der Waals surface area contributed by atoms with Gasteiger partial charge < -0.3 is 9.84 Å². The van der Waals surface area contributed by atoms with E-state index in [1.165, 1.54) is 12.1 Å². The van der Waals surface area contributed by atoms with E-state index < -0.39 is 23.4 Å². The van der Waals surface area contributed by atoms with Crippen molar-refractivity contribution in [1.82, 2.24) is 0 Å². The Morgan fingerprint density at radius 2 is 1.86 bits per heavy atom. The van der Waals surface area contributed by atoms with Gasteiger partial charge in [0.1, 0.15) is 12.2 Å². The zero-order valence-electron chi connectivity index (χ0n) is 11.2. The van der Waals surface area contributed by atoms with Gasteiger partial charge in [0.15, 0.2) is 5.82 Å². The quantitative estimate of drug-likeness (QED) is 0.854. The lowest BCUT2D eigenvalue weighted by molar-refractivity contribution is 0.0690. The van der Waals surface area contributed by atoms with Crippen molar-refractivity contribution in [2.45, 2.75) is 6.61 Å². The van der Waals surface area contributed by atoms with Crippen LogP contribution < -0.4 is 5.32 Å². The highest BCUT2D eigenvalue weighted by atomic mass is 79.9. The summed E-state index contributed by atoms with van der Waals surface area (Å²) >= 11 is 2.94. The summed E-state index contributed by atoms with van der Waals surface area (Å²) in [4.78, 5) is 22.6. The van der Waals surface area contributed by atoms with Crippen LogP contribution in [0.2, 0.25) is 0 Å². The number of amides is 1. The Labute approximate surface area is 133 Å². The standard InChI is InChI=1S/C15H11BrFNO4/c16-10-6-7-11(13(17)12(10)14(19)20)18-15(21)22-8-9-4-2-1-3-5-9/h1-7H,8H2,(H,18,21)(H,19,20). The van der Waals surface area contributed by atoms with Crippen LogP contribution in [0.1, 0.15) is 15.9 Å². The van der Waals surface area contributed by atoms with E-state index in [-0.39, 0.29) is 16.8 Å². The molecular formula is C15H11BrFNO4. The van der Waals surface area contributed by atoms with Crippen molar-refractivity contribution in [2.24, 2.45) is 0 Å². The van der Waals surface area contributed by atoms with E-state index in [2.05, 4.69) is 21.2 Å². The minimum absolute atomic E-state index is 0.0244. The van der Waals surface area contributed by atoms with Crippen LogP contribution >= 0.6 is 15.9 Å². The molecule has 7 heteroatoms. The molecule has 0 heterocycles. The SMILES string of the molecule is O=C(Nc1ccc(Br)c(C(=O)O)c1F)OCc1ccccc1. The van der Waals surface area contributed by atoms with E-state index >= 15 is 0 Å². The van der Waals surface area contributed by atoms with Crippen LogP contribution in [-0.4, -0.2) is 17.2 Å². The number of carbonyl (C=O) groups excluding carboxylic acids is 1. The van der Waals surface area contributed by atoms with Gasteiger partial charge in [-0.3, -0.25) is 5.32 Å². The first-order valence-electron chi connectivity index (χ1n) is 6.18. The van der Waals surface area contributed by atoms with Gasteiger partial charge in [0.25, 0.3) is 0 Å². The van der Waals surface area contributed by atoms with Crippen LogP contribution in [-0.2, 0) is 11.3 Å². The maximum Gasteiger partial charge on any atom is 0.412 e. The van der Waals surface area contributed by atoms with Gasteiger partial charge in [0, 0.05) is 4.47 Å². The Hall–Kier alpha value is -2.41. The van der Waals surface area contributed by atoms with Crippen molar-refractivity contribution in [1.29, 1.82) is 0 Å². The van der Waals surface area contributed by atoms with Crippen LogP contribution in [0, 0.1) is 5.82 Å². The number of benzene rings is 2. The molecule has 0 radical (unpaired) electrons. The molecule has 0 aliphatic heterocycles. The summed E-state index contributed by atoms with van der Waals surface area (Å²) in [6.07, 6.45) is -0.874. The zero-order chi connectivity index (χ0) is 16.1. The number of carboxylic acid groups (broad SMARTS) is 1. The van der Waals surface area contributed by atoms with E-state index in [0.717, 1.165) is 5.56 Å². The first-order valence-corrected chi connectivity index (χ1v) is 6.97. The fraction of sp³-hybridized carbons (Fsp3) is 0.0667. The molecule has 5 nitrogen and oxygen atoms in total. The van der Waals surface area contributed by atoms with Crippen molar-refractivity contribution in [2.75, 3.05) is 5.32 Å². The van der Waals surface area contributed by atoms with Gasteiger partial charge in [-0.1, -0.05) is 30.3 Å². The third kappa shape index (κ3) is 3.82. The lowest BCUT2D eigenvalue weighted by atomic mass is 10.2.